The number of benzene rings is 2. The van der Waals surface area contributed by atoms with Gasteiger partial charge >= 0.3 is 5.97 Å². The number of aryl methyl sites for hydroxylation is 2. The van der Waals surface area contributed by atoms with Gasteiger partial charge in [-0.25, -0.2) is 4.79 Å². The SMILES string of the molecule is Cc1ccc(Oc2ccc(C(=O)O)cc2C)c(Br)c1. The van der Waals surface area contributed by atoms with Gasteiger partial charge in [-0.1, -0.05) is 6.07 Å². The zero-order chi connectivity index (χ0) is 14.0. The van der Waals surface area contributed by atoms with E-state index in [-0.39, 0.29) is 5.56 Å². The van der Waals surface area contributed by atoms with Crippen LogP contribution in [-0.4, -0.2) is 11.1 Å². The van der Waals surface area contributed by atoms with Crippen molar-refractivity contribution in [2.24, 2.45) is 0 Å². The van der Waals surface area contributed by atoms with Crippen molar-refractivity contribution < 1.29 is 14.6 Å². The van der Waals surface area contributed by atoms with Crippen molar-refractivity contribution in [3.05, 3.63) is 57.6 Å². The van der Waals surface area contributed by atoms with Crippen LogP contribution in [0.15, 0.2) is 40.9 Å². The summed E-state index contributed by atoms with van der Waals surface area (Å²) in [5, 5.41) is 8.92. The third-order valence-electron chi connectivity index (χ3n) is 2.73. The van der Waals surface area contributed by atoms with Crippen LogP contribution in [0.4, 0.5) is 0 Å². The number of halogens is 1. The lowest BCUT2D eigenvalue weighted by molar-refractivity contribution is 0.0697. The summed E-state index contributed by atoms with van der Waals surface area (Å²) in [7, 11) is 0. The Morgan fingerprint density at radius 3 is 2.37 bits per heavy atom. The van der Waals surface area contributed by atoms with Crippen molar-refractivity contribution in [2.75, 3.05) is 0 Å². The first-order valence-corrected chi connectivity index (χ1v) is 6.54. The van der Waals surface area contributed by atoms with Crippen LogP contribution < -0.4 is 4.74 Å². The second kappa shape index (κ2) is 5.45. The van der Waals surface area contributed by atoms with Gasteiger partial charge in [-0.05, 0) is 71.2 Å². The molecule has 0 unspecified atom stereocenters. The molecule has 0 saturated carbocycles. The summed E-state index contributed by atoms with van der Waals surface area (Å²) in [5.74, 6) is 0.414. The van der Waals surface area contributed by atoms with Gasteiger partial charge in [-0.2, -0.15) is 0 Å². The molecular formula is C15H13BrO3. The van der Waals surface area contributed by atoms with Crippen LogP contribution in [0, 0.1) is 13.8 Å². The Hall–Kier alpha value is -1.81. The third-order valence-corrected chi connectivity index (χ3v) is 3.35. The molecule has 0 aliphatic heterocycles. The number of aromatic carboxylic acids is 1. The van der Waals surface area contributed by atoms with Crippen molar-refractivity contribution in [3.8, 4) is 11.5 Å². The molecule has 0 aliphatic rings. The first-order valence-electron chi connectivity index (χ1n) is 5.75. The molecule has 0 amide bonds. The molecule has 0 fully saturated rings. The number of rotatable bonds is 3. The molecule has 98 valence electrons. The predicted molar refractivity (Wildman–Crippen MR) is 77.1 cm³/mol. The number of hydrogen-bond acceptors (Lipinski definition) is 2. The minimum Gasteiger partial charge on any atom is -0.478 e. The number of carboxylic acid groups (broad SMARTS) is 1. The Kier molecular flexibility index (Phi) is 3.90. The van der Waals surface area contributed by atoms with E-state index in [1.165, 1.54) is 6.07 Å². The molecule has 2 aromatic carbocycles. The number of hydrogen-bond donors (Lipinski definition) is 1. The van der Waals surface area contributed by atoms with Crippen molar-refractivity contribution in [1.82, 2.24) is 0 Å². The fourth-order valence-corrected chi connectivity index (χ4v) is 2.28. The fourth-order valence-electron chi connectivity index (χ4n) is 1.70. The molecule has 3 nitrogen and oxygen atoms in total. The van der Waals surface area contributed by atoms with Gasteiger partial charge in [0.2, 0.25) is 0 Å². The van der Waals surface area contributed by atoms with Crippen LogP contribution in [-0.2, 0) is 0 Å². The van der Waals surface area contributed by atoms with E-state index in [9.17, 15) is 4.79 Å². The molecular weight excluding hydrogens is 308 g/mol. The quantitative estimate of drug-likeness (QED) is 0.902. The highest BCUT2D eigenvalue weighted by atomic mass is 79.9. The first-order chi connectivity index (χ1) is 8.97. The van der Waals surface area contributed by atoms with Crippen molar-refractivity contribution in [1.29, 1.82) is 0 Å². The maximum absolute atomic E-state index is 10.9. The van der Waals surface area contributed by atoms with Gasteiger partial charge in [-0.3, -0.25) is 0 Å². The van der Waals surface area contributed by atoms with Gasteiger partial charge < -0.3 is 9.84 Å². The van der Waals surface area contributed by atoms with Crippen LogP contribution in [0.2, 0.25) is 0 Å². The van der Waals surface area contributed by atoms with E-state index >= 15 is 0 Å². The van der Waals surface area contributed by atoms with E-state index < -0.39 is 5.97 Å². The lowest BCUT2D eigenvalue weighted by atomic mass is 10.1. The number of carbonyl (C=O) groups is 1. The highest BCUT2D eigenvalue weighted by Crippen LogP contribution is 2.32. The molecule has 19 heavy (non-hydrogen) atoms. The van der Waals surface area contributed by atoms with Crippen LogP contribution in [0.5, 0.6) is 11.5 Å². The molecule has 0 atom stereocenters. The second-order valence-corrected chi connectivity index (χ2v) is 5.18. The Morgan fingerprint density at radius 2 is 1.79 bits per heavy atom. The van der Waals surface area contributed by atoms with E-state index in [0.717, 1.165) is 15.6 Å². The Bertz CT molecular complexity index is 635. The first kappa shape index (κ1) is 13.6. The highest BCUT2D eigenvalue weighted by molar-refractivity contribution is 9.10. The molecule has 0 spiro atoms. The van der Waals surface area contributed by atoms with Gasteiger partial charge in [0, 0.05) is 0 Å². The average molecular weight is 321 g/mol. The smallest absolute Gasteiger partial charge is 0.335 e. The van der Waals surface area contributed by atoms with Crippen molar-refractivity contribution >= 4 is 21.9 Å². The molecule has 2 aromatic rings. The zero-order valence-electron chi connectivity index (χ0n) is 10.6. The standard InChI is InChI=1S/C15H13BrO3/c1-9-3-5-14(12(16)7-9)19-13-6-4-11(15(17)18)8-10(13)2/h3-8H,1-2H3,(H,17,18). The van der Waals surface area contributed by atoms with E-state index in [2.05, 4.69) is 15.9 Å². The Balaban J connectivity index is 2.31. The minimum atomic E-state index is -0.939. The number of ether oxygens (including phenoxy) is 1. The summed E-state index contributed by atoms with van der Waals surface area (Å²) >= 11 is 3.45. The lowest BCUT2D eigenvalue weighted by Gasteiger charge is -2.11. The zero-order valence-corrected chi connectivity index (χ0v) is 12.2. The van der Waals surface area contributed by atoms with Crippen LogP contribution in [0.1, 0.15) is 21.5 Å². The molecule has 2 rings (SSSR count). The molecule has 0 heterocycles. The summed E-state index contributed by atoms with van der Waals surface area (Å²) < 4.78 is 6.66. The van der Waals surface area contributed by atoms with Crippen LogP contribution in [0.25, 0.3) is 0 Å². The summed E-state index contributed by atoms with van der Waals surface area (Å²) in [6, 6.07) is 10.6. The average Bonchev–Trinajstić information content (AvgIpc) is 2.34. The minimum absolute atomic E-state index is 0.257. The van der Waals surface area contributed by atoms with E-state index in [4.69, 9.17) is 9.84 Å². The summed E-state index contributed by atoms with van der Waals surface area (Å²) in [5.41, 5.74) is 2.18. The van der Waals surface area contributed by atoms with E-state index in [1.807, 2.05) is 32.0 Å². The summed E-state index contributed by atoms with van der Waals surface area (Å²) in [6.07, 6.45) is 0. The molecule has 1 N–H and O–H groups in total. The monoisotopic (exact) mass is 320 g/mol. The van der Waals surface area contributed by atoms with Gasteiger partial charge in [0.05, 0.1) is 10.0 Å². The molecule has 0 bridgehead atoms. The van der Waals surface area contributed by atoms with Crippen LogP contribution in [0.3, 0.4) is 0 Å². The summed E-state index contributed by atoms with van der Waals surface area (Å²) in [6.45, 7) is 3.82. The summed E-state index contributed by atoms with van der Waals surface area (Å²) in [4.78, 5) is 10.9. The molecule has 0 saturated heterocycles. The predicted octanol–water partition coefficient (Wildman–Crippen LogP) is 4.56. The third kappa shape index (κ3) is 3.15. The number of carboxylic acids is 1. The fraction of sp³-hybridized carbons (Fsp3) is 0.133. The Labute approximate surface area is 120 Å². The van der Waals surface area contributed by atoms with E-state index in [1.54, 1.807) is 12.1 Å². The van der Waals surface area contributed by atoms with Gasteiger partial charge in [0.25, 0.3) is 0 Å². The van der Waals surface area contributed by atoms with Gasteiger partial charge in [0.15, 0.2) is 0 Å². The van der Waals surface area contributed by atoms with Crippen LogP contribution >= 0.6 is 15.9 Å². The maximum Gasteiger partial charge on any atom is 0.335 e. The van der Waals surface area contributed by atoms with Gasteiger partial charge in [0.1, 0.15) is 11.5 Å². The van der Waals surface area contributed by atoms with Crippen molar-refractivity contribution in [3.63, 3.8) is 0 Å². The molecule has 0 aliphatic carbocycles. The Morgan fingerprint density at radius 1 is 1.11 bits per heavy atom. The normalized spacial score (nSPS) is 10.3. The molecule has 0 radical (unpaired) electrons. The van der Waals surface area contributed by atoms with Gasteiger partial charge in [-0.15, -0.1) is 0 Å². The molecule has 4 heteroatoms. The lowest BCUT2D eigenvalue weighted by Crippen LogP contribution is -1.97. The maximum atomic E-state index is 10.9. The largest absolute Gasteiger partial charge is 0.478 e. The second-order valence-electron chi connectivity index (χ2n) is 4.32. The highest BCUT2D eigenvalue weighted by Gasteiger charge is 2.09. The van der Waals surface area contributed by atoms with Crippen molar-refractivity contribution in [2.45, 2.75) is 13.8 Å². The molecule has 0 aromatic heterocycles. The van der Waals surface area contributed by atoms with E-state index in [0.29, 0.717) is 11.5 Å². The topological polar surface area (TPSA) is 46.5 Å².